The number of aromatic nitrogens is 1. The van der Waals surface area contributed by atoms with Crippen molar-refractivity contribution in [3.63, 3.8) is 0 Å². The fraction of sp³-hybridized carbons (Fsp3) is 0.407. The summed E-state index contributed by atoms with van der Waals surface area (Å²) in [6.07, 6.45) is 5.64. The summed E-state index contributed by atoms with van der Waals surface area (Å²) in [5.74, 6) is 1.03. The molecule has 1 saturated heterocycles. The highest BCUT2D eigenvalue weighted by Crippen LogP contribution is 2.38. The van der Waals surface area contributed by atoms with Crippen LogP contribution in [0.2, 0.25) is 0 Å². The number of likely N-dealkylation sites (N-methyl/N-ethyl adjacent to an activating group) is 1. The van der Waals surface area contributed by atoms with Gasteiger partial charge in [-0.2, -0.15) is 0 Å². The van der Waals surface area contributed by atoms with Crippen molar-refractivity contribution in [1.29, 1.82) is 0 Å². The number of hydrogen-bond acceptors (Lipinski definition) is 6. The molecule has 0 spiro atoms. The van der Waals surface area contributed by atoms with Crippen LogP contribution >= 0.6 is 36.2 Å². The third-order valence-electron chi connectivity index (χ3n) is 6.69. The second kappa shape index (κ2) is 12.7. The third kappa shape index (κ3) is 6.36. The van der Waals surface area contributed by atoms with Crippen molar-refractivity contribution in [3.05, 3.63) is 70.9 Å². The Hall–Kier alpha value is -2.12. The molecule has 0 radical (unpaired) electrons. The van der Waals surface area contributed by atoms with Crippen LogP contribution in [0.5, 0.6) is 0 Å². The van der Waals surface area contributed by atoms with Gasteiger partial charge < -0.3 is 10.2 Å². The maximum atomic E-state index is 5.18. The first-order valence-corrected chi connectivity index (χ1v) is 13.0. The zero-order chi connectivity index (χ0) is 22.6. The normalized spacial score (nSPS) is 17.1. The standard InChI is InChI=1S/C27H33N5S.2ClH/c1-3-4-14-24-30-25-26(28-22-12-8-9-13-23(22)29-27(25)33-24)32-18-17-31(2)21(19-32)16-15-20-10-6-5-7-11-20;;/h5-13,21,29H,3-4,14-19H2,1-2H3;2*1H. The molecule has 188 valence electrons. The van der Waals surface area contributed by atoms with E-state index in [0.29, 0.717) is 6.04 Å². The second-order valence-electron chi connectivity index (χ2n) is 9.07. The van der Waals surface area contributed by atoms with E-state index in [4.69, 9.17) is 9.98 Å². The Morgan fingerprint density at radius 2 is 1.77 bits per heavy atom. The van der Waals surface area contributed by atoms with Gasteiger partial charge in [0.1, 0.15) is 10.7 Å². The summed E-state index contributed by atoms with van der Waals surface area (Å²) in [6, 6.07) is 19.7. The maximum absolute atomic E-state index is 5.18. The van der Waals surface area contributed by atoms with Gasteiger partial charge in [0.25, 0.3) is 0 Å². The highest BCUT2D eigenvalue weighted by Gasteiger charge is 2.31. The van der Waals surface area contributed by atoms with E-state index < -0.39 is 0 Å². The molecule has 35 heavy (non-hydrogen) atoms. The SMILES string of the molecule is CCCCc1nc2c(s1)Nc1ccccc1N=C2N1CCN(C)C(CCc2ccccc2)C1.Cl.Cl. The van der Waals surface area contributed by atoms with E-state index in [9.17, 15) is 0 Å². The first-order chi connectivity index (χ1) is 16.2. The predicted molar refractivity (Wildman–Crippen MR) is 154 cm³/mol. The average Bonchev–Trinajstić information content (AvgIpc) is 3.17. The van der Waals surface area contributed by atoms with E-state index in [1.165, 1.54) is 23.4 Å². The Morgan fingerprint density at radius 3 is 2.57 bits per heavy atom. The lowest BCUT2D eigenvalue weighted by molar-refractivity contribution is 0.134. The van der Waals surface area contributed by atoms with Crippen molar-refractivity contribution in [1.82, 2.24) is 14.8 Å². The van der Waals surface area contributed by atoms with Crippen molar-refractivity contribution in [2.24, 2.45) is 4.99 Å². The quantitative estimate of drug-likeness (QED) is 0.383. The number of piperazine rings is 1. The molecule has 2 aliphatic heterocycles. The van der Waals surface area contributed by atoms with Gasteiger partial charge in [-0.1, -0.05) is 55.8 Å². The summed E-state index contributed by atoms with van der Waals surface area (Å²) in [4.78, 5) is 15.3. The zero-order valence-electron chi connectivity index (χ0n) is 20.4. The monoisotopic (exact) mass is 531 g/mol. The number of aliphatic imine (C=N–C) groups is 1. The van der Waals surface area contributed by atoms with Gasteiger partial charge in [-0.05, 0) is 50.4 Å². The molecule has 0 saturated carbocycles. The van der Waals surface area contributed by atoms with E-state index in [1.807, 2.05) is 0 Å². The van der Waals surface area contributed by atoms with Crippen LogP contribution in [-0.4, -0.2) is 53.3 Å². The molecular formula is C27H35Cl2N5S. The molecule has 3 heterocycles. The topological polar surface area (TPSA) is 43.8 Å². The van der Waals surface area contributed by atoms with E-state index in [0.717, 1.165) is 66.8 Å². The lowest BCUT2D eigenvalue weighted by atomic mass is 10.0. The summed E-state index contributed by atoms with van der Waals surface area (Å²) >= 11 is 1.79. The van der Waals surface area contributed by atoms with Crippen LogP contribution in [-0.2, 0) is 12.8 Å². The minimum absolute atomic E-state index is 0. The number of fused-ring (bicyclic) bond motifs is 2. The van der Waals surface area contributed by atoms with Crippen molar-refractivity contribution >= 4 is 58.4 Å². The second-order valence-corrected chi connectivity index (χ2v) is 10.2. The van der Waals surface area contributed by atoms with Crippen molar-refractivity contribution < 1.29 is 0 Å². The number of nitrogens with zero attached hydrogens (tertiary/aromatic N) is 4. The number of para-hydroxylation sites is 2. The summed E-state index contributed by atoms with van der Waals surface area (Å²) in [6.45, 7) is 5.22. The molecule has 0 bridgehead atoms. The van der Waals surface area contributed by atoms with Gasteiger partial charge in [0, 0.05) is 25.7 Å². The van der Waals surface area contributed by atoms with Crippen molar-refractivity contribution in [2.45, 2.75) is 45.1 Å². The lowest BCUT2D eigenvalue weighted by Gasteiger charge is -2.40. The summed E-state index contributed by atoms with van der Waals surface area (Å²) in [5, 5.41) is 5.97. The Balaban J connectivity index is 0.00000171. The third-order valence-corrected chi connectivity index (χ3v) is 7.72. The zero-order valence-corrected chi connectivity index (χ0v) is 22.9. The summed E-state index contributed by atoms with van der Waals surface area (Å²) < 4.78 is 0. The Labute approximate surface area is 225 Å². The largest absolute Gasteiger partial charge is 0.352 e. The molecule has 1 fully saturated rings. The molecule has 5 nitrogen and oxygen atoms in total. The molecule has 1 N–H and O–H groups in total. The van der Waals surface area contributed by atoms with Crippen LogP contribution in [0.25, 0.3) is 0 Å². The van der Waals surface area contributed by atoms with Crippen LogP contribution < -0.4 is 5.32 Å². The highest BCUT2D eigenvalue weighted by atomic mass is 35.5. The Bertz CT molecular complexity index is 1120. The molecule has 1 atom stereocenters. The van der Waals surface area contributed by atoms with Gasteiger partial charge in [0.2, 0.25) is 0 Å². The number of unbranched alkanes of at least 4 members (excludes halogenated alkanes) is 1. The number of hydrogen-bond donors (Lipinski definition) is 1. The first kappa shape index (κ1) is 27.5. The number of aryl methyl sites for hydroxylation is 2. The number of benzene rings is 2. The van der Waals surface area contributed by atoms with Gasteiger partial charge in [0.15, 0.2) is 5.84 Å². The van der Waals surface area contributed by atoms with Crippen molar-refractivity contribution in [2.75, 3.05) is 32.0 Å². The van der Waals surface area contributed by atoms with Crippen LogP contribution in [0.4, 0.5) is 16.4 Å². The molecule has 0 amide bonds. The molecule has 3 aromatic rings. The van der Waals surface area contributed by atoms with Crippen LogP contribution in [0, 0.1) is 0 Å². The van der Waals surface area contributed by atoms with Crippen LogP contribution in [0.15, 0.2) is 59.6 Å². The molecule has 2 aromatic carbocycles. The lowest BCUT2D eigenvalue weighted by Crippen LogP contribution is -2.53. The van der Waals surface area contributed by atoms with E-state index in [2.05, 4.69) is 83.7 Å². The summed E-state index contributed by atoms with van der Waals surface area (Å²) in [5.41, 5.74) is 4.49. The number of thiazole rings is 1. The molecule has 1 aromatic heterocycles. The number of nitrogens with one attached hydrogen (secondary N) is 1. The minimum atomic E-state index is 0. The molecule has 0 aliphatic carbocycles. The van der Waals surface area contributed by atoms with Crippen LogP contribution in [0.3, 0.4) is 0 Å². The maximum Gasteiger partial charge on any atom is 0.158 e. The van der Waals surface area contributed by atoms with Gasteiger partial charge in [-0.3, -0.25) is 4.90 Å². The molecule has 5 rings (SSSR count). The van der Waals surface area contributed by atoms with Gasteiger partial charge in [0.05, 0.1) is 16.4 Å². The summed E-state index contributed by atoms with van der Waals surface area (Å²) in [7, 11) is 2.26. The van der Waals surface area contributed by atoms with Crippen LogP contribution in [0.1, 0.15) is 42.5 Å². The Morgan fingerprint density at radius 1 is 1.00 bits per heavy atom. The first-order valence-electron chi connectivity index (χ1n) is 12.1. The van der Waals surface area contributed by atoms with E-state index in [-0.39, 0.29) is 24.8 Å². The number of halogens is 2. The van der Waals surface area contributed by atoms with Gasteiger partial charge in [-0.15, -0.1) is 36.2 Å². The highest BCUT2D eigenvalue weighted by molar-refractivity contribution is 7.16. The minimum Gasteiger partial charge on any atom is -0.352 e. The van der Waals surface area contributed by atoms with Crippen molar-refractivity contribution in [3.8, 4) is 0 Å². The average molecular weight is 533 g/mol. The number of amidine groups is 1. The predicted octanol–water partition coefficient (Wildman–Crippen LogP) is 6.71. The van der Waals surface area contributed by atoms with Gasteiger partial charge >= 0.3 is 0 Å². The number of anilines is 2. The van der Waals surface area contributed by atoms with E-state index >= 15 is 0 Å². The molecule has 1 unspecified atom stereocenters. The Kier molecular flexibility index (Phi) is 9.99. The molecular weight excluding hydrogens is 497 g/mol. The molecule has 2 aliphatic rings. The number of rotatable bonds is 6. The fourth-order valence-electron chi connectivity index (χ4n) is 4.65. The van der Waals surface area contributed by atoms with E-state index in [1.54, 1.807) is 11.3 Å². The van der Waals surface area contributed by atoms with Gasteiger partial charge in [-0.25, -0.2) is 9.98 Å². The molecule has 8 heteroatoms. The fourth-order valence-corrected chi connectivity index (χ4v) is 5.66. The smallest absolute Gasteiger partial charge is 0.158 e.